The van der Waals surface area contributed by atoms with Gasteiger partial charge in [0.05, 0.1) is 14.2 Å². The van der Waals surface area contributed by atoms with E-state index in [1.165, 1.54) is 0 Å². The number of piperazine rings is 1. The van der Waals surface area contributed by atoms with Crippen LogP contribution < -0.4 is 14.4 Å². The van der Waals surface area contributed by atoms with E-state index in [2.05, 4.69) is 19.8 Å². The van der Waals surface area contributed by atoms with Crippen LogP contribution in [-0.2, 0) is 6.54 Å². The summed E-state index contributed by atoms with van der Waals surface area (Å²) in [6.45, 7) is 4.45. The minimum absolute atomic E-state index is 0.590. The van der Waals surface area contributed by atoms with Crippen molar-refractivity contribution in [1.82, 2.24) is 14.9 Å². The quantitative estimate of drug-likeness (QED) is 0.827. The predicted octanol–water partition coefficient (Wildman–Crippen LogP) is 2.47. The number of nitrogens with zero attached hydrogens (tertiary/aromatic N) is 4. The summed E-state index contributed by atoms with van der Waals surface area (Å²) in [5, 5.41) is 0.743. The van der Waals surface area contributed by atoms with Crippen molar-refractivity contribution in [2.75, 3.05) is 45.3 Å². The van der Waals surface area contributed by atoms with Gasteiger partial charge in [0, 0.05) is 50.0 Å². The van der Waals surface area contributed by atoms with Crippen LogP contribution in [0.4, 0.5) is 5.95 Å². The summed E-state index contributed by atoms with van der Waals surface area (Å²) in [4.78, 5) is 13.3. The highest BCUT2D eigenvalue weighted by Crippen LogP contribution is 2.24. The second-order valence-corrected chi connectivity index (χ2v) is 6.03. The summed E-state index contributed by atoms with van der Waals surface area (Å²) in [6, 6.07) is 7.59. The molecule has 7 heteroatoms. The Kier molecular flexibility index (Phi) is 5.37. The van der Waals surface area contributed by atoms with E-state index in [4.69, 9.17) is 21.1 Å². The van der Waals surface area contributed by atoms with Crippen molar-refractivity contribution < 1.29 is 9.47 Å². The van der Waals surface area contributed by atoms with Crippen LogP contribution in [0.5, 0.6) is 11.6 Å². The number of rotatable bonds is 5. The monoisotopic (exact) mass is 348 g/mol. The third-order valence-corrected chi connectivity index (χ3v) is 4.49. The molecule has 2 aromatic rings. The van der Waals surface area contributed by atoms with Crippen molar-refractivity contribution in [1.29, 1.82) is 0 Å². The number of hydrogen-bond donors (Lipinski definition) is 0. The Morgan fingerprint density at radius 1 is 1.08 bits per heavy atom. The average Bonchev–Trinajstić information content (AvgIpc) is 2.64. The van der Waals surface area contributed by atoms with Crippen LogP contribution in [0.3, 0.4) is 0 Å². The number of halogens is 1. The van der Waals surface area contributed by atoms with Gasteiger partial charge in [-0.15, -0.1) is 0 Å². The molecule has 1 aromatic carbocycles. The molecule has 3 rings (SSSR count). The van der Waals surface area contributed by atoms with Gasteiger partial charge < -0.3 is 14.4 Å². The third-order valence-electron chi connectivity index (χ3n) is 4.14. The molecule has 2 heterocycles. The van der Waals surface area contributed by atoms with E-state index in [0.717, 1.165) is 55.0 Å². The minimum Gasteiger partial charge on any atom is -0.497 e. The molecule has 0 bridgehead atoms. The second-order valence-electron chi connectivity index (χ2n) is 5.62. The van der Waals surface area contributed by atoms with Crippen molar-refractivity contribution in [3.8, 4) is 11.6 Å². The highest BCUT2D eigenvalue weighted by Gasteiger charge is 2.20. The molecule has 128 valence electrons. The fraction of sp³-hybridized carbons (Fsp3) is 0.412. The zero-order valence-corrected chi connectivity index (χ0v) is 14.7. The molecular weight excluding hydrogens is 328 g/mol. The minimum atomic E-state index is 0.590. The van der Waals surface area contributed by atoms with Gasteiger partial charge in [0.2, 0.25) is 11.8 Å². The standard InChI is InChI=1S/C17H21ClN4O2/c1-23-14-4-3-13(15(18)11-14)12-21-7-9-22(10-8-21)17-19-6-5-16(20-17)24-2/h3-6,11H,7-10,12H2,1-2H3. The lowest BCUT2D eigenvalue weighted by atomic mass is 10.2. The number of methoxy groups -OCH3 is 2. The van der Waals surface area contributed by atoms with Gasteiger partial charge in [0.25, 0.3) is 0 Å². The first-order chi connectivity index (χ1) is 11.7. The summed E-state index contributed by atoms with van der Waals surface area (Å²) >= 11 is 6.33. The third kappa shape index (κ3) is 3.88. The zero-order valence-electron chi connectivity index (χ0n) is 13.9. The first-order valence-corrected chi connectivity index (χ1v) is 8.24. The lowest BCUT2D eigenvalue weighted by Crippen LogP contribution is -2.46. The largest absolute Gasteiger partial charge is 0.497 e. The molecule has 1 saturated heterocycles. The Hall–Kier alpha value is -2.05. The van der Waals surface area contributed by atoms with Gasteiger partial charge in [-0.2, -0.15) is 4.98 Å². The highest BCUT2D eigenvalue weighted by atomic mass is 35.5. The van der Waals surface area contributed by atoms with E-state index in [1.54, 1.807) is 26.5 Å². The summed E-state index contributed by atoms with van der Waals surface area (Å²) < 4.78 is 10.4. The maximum atomic E-state index is 6.33. The van der Waals surface area contributed by atoms with Gasteiger partial charge in [-0.05, 0) is 17.7 Å². The number of aromatic nitrogens is 2. The van der Waals surface area contributed by atoms with Crippen LogP contribution in [0, 0.1) is 0 Å². The number of anilines is 1. The Bertz CT molecular complexity index is 690. The molecule has 0 saturated carbocycles. The van der Waals surface area contributed by atoms with Crippen LogP contribution in [0.15, 0.2) is 30.5 Å². The topological polar surface area (TPSA) is 50.7 Å². The molecule has 0 unspecified atom stereocenters. The lowest BCUT2D eigenvalue weighted by molar-refractivity contribution is 0.248. The SMILES string of the molecule is COc1ccc(CN2CCN(c3nccc(OC)n3)CC2)c(Cl)c1. The van der Waals surface area contributed by atoms with E-state index < -0.39 is 0 Å². The Morgan fingerprint density at radius 3 is 2.54 bits per heavy atom. The van der Waals surface area contributed by atoms with Gasteiger partial charge in [-0.1, -0.05) is 17.7 Å². The van der Waals surface area contributed by atoms with E-state index in [9.17, 15) is 0 Å². The van der Waals surface area contributed by atoms with Crippen molar-refractivity contribution in [2.45, 2.75) is 6.54 Å². The first kappa shape index (κ1) is 16.8. The molecule has 0 spiro atoms. The Balaban J connectivity index is 1.59. The fourth-order valence-corrected chi connectivity index (χ4v) is 2.96. The molecule has 0 N–H and O–H groups in total. The van der Waals surface area contributed by atoms with Crippen molar-refractivity contribution >= 4 is 17.5 Å². The first-order valence-electron chi connectivity index (χ1n) is 7.86. The molecule has 1 aliphatic heterocycles. The molecular formula is C17H21ClN4O2. The van der Waals surface area contributed by atoms with Crippen LogP contribution >= 0.6 is 11.6 Å². The van der Waals surface area contributed by atoms with Gasteiger partial charge in [-0.25, -0.2) is 4.98 Å². The normalized spacial score (nSPS) is 15.4. The van der Waals surface area contributed by atoms with Crippen LogP contribution in [0.25, 0.3) is 0 Å². The molecule has 1 fully saturated rings. The molecule has 1 aliphatic rings. The molecule has 24 heavy (non-hydrogen) atoms. The van der Waals surface area contributed by atoms with Crippen LogP contribution in [0.1, 0.15) is 5.56 Å². The Labute approximate surface area is 147 Å². The summed E-state index contributed by atoms with van der Waals surface area (Å²) in [5.74, 6) is 2.09. The van der Waals surface area contributed by atoms with Crippen molar-refractivity contribution in [2.24, 2.45) is 0 Å². The van der Waals surface area contributed by atoms with E-state index in [-0.39, 0.29) is 0 Å². The highest BCUT2D eigenvalue weighted by molar-refractivity contribution is 6.31. The van der Waals surface area contributed by atoms with E-state index in [0.29, 0.717) is 5.88 Å². The van der Waals surface area contributed by atoms with Gasteiger partial charge in [0.15, 0.2) is 0 Å². The van der Waals surface area contributed by atoms with Gasteiger partial charge >= 0.3 is 0 Å². The smallest absolute Gasteiger partial charge is 0.228 e. The van der Waals surface area contributed by atoms with E-state index >= 15 is 0 Å². The van der Waals surface area contributed by atoms with E-state index in [1.807, 2.05) is 18.2 Å². The Morgan fingerprint density at radius 2 is 1.88 bits per heavy atom. The molecule has 0 atom stereocenters. The van der Waals surface area contributed by atoms with Crippen molar-refractivity contribution in [3.05, 3.63) is 41.0 Å². The lowest BCUT2D eigenvalue weighted by Gasteiger charge is -2.34. The predicted molar refractivity (Wildman–Crippen MR) is 94.1 cm³/mol. The molecule has 0 radical (unpaired) electrons. The molecule has 6 nitrogen and oxygen atoms in total. The summed E-state index contributed by atoms with van der Waals surface area (Å²) in [7, 11) is 3.26. The van der Waals surface area contributed by atoms with Gasteiger partial charge in [0.1, 0.15) is 5.75 Å². The molecule has 0 amide bonds. The van der Waals surface area contributed by atoms with Gasteiger partial charge in [-0.3, -0.25) is 4.90 Å². The summed E-state index contributed by atoms with van der Waals surface area (Å²) in [5.41, 5.74) is 1.11. The van der Waals surface area contributed by atoms with Crippen LogP contribution in [-0.4, -0.2) is 55.3 Å². The summed E-state index contributed by atoms with van der Waals surface area (Å²) in [6.07, 6.45) is 1.73. The maximum Gasteiger partial charge on any atom is 0.228 e. The molecule has 0 aliphatic carbocycles. The maximum absolute atomic E-state index is 6.33. The van der Waals surface area contributed by atoms with Crippen molar-refractivity contribution in [3.63, 3.8) is 0 Å². The fourth-order valence-electron chi connectivity index (χ4n) is 2.73. The number of hydrogen-bond acceptors (Lipinski definition) is 6. The zero-order chi connectivity index (χ0) is 16.9. The van der Waals surface area contributed by atoms with Crippen LogP contribution in [0.2, 0.25) is 5.02 Å². The second kappa shape index (κ2) is 7.68. The number of ether oxygens (including phenoxy) is 2. The number of benzene rings is 1. The molecule has 1 aromatic heterocycles. The average molecular weight is 349 g/mol.